The fourth-order valence-electron chi connectivity index (χ4n) is 1.06. The van der Waals surface area contributed by atoms with Crippen molar-refractivity contribution in [3.8, 4) is 11.8 Å². The summed E-state index contributed by atoms with van der Waals surface area (Å²) in [6.45, 7) is 0.956. The zero-order chi connectivity index (χ0) is 11.8. The third-order valence-corrected chi connectivity index (χ3v) is 2.66. The van der Waals surface area contributed by atoms with Crippen LogP contribution < -0.4 is 11.1 Å². The second-order valence-electron chi connectivity index (χ2n) is 3.02. The highest BCUT2D eigenvalue weighted by Crippen LogP contribution is 2.13. The van der Waals surface area contributed by atoms with Crippen molar-refractivity contribution >= 4 is 17.2 Å². The summed E-state index contributed by atoms with van der Waals surface area (Å²) < 4.78 is 4.71. The summed E-state index contributed by atoms with van der Waals surface area (Å²) in [5, 5.41) is 4.69. The summed E-state index contributed by atoms with van der Waals surface area (Å²) in [5.41, 5.74) is 6.21. The molecule has 1 amide bonds. The maximum atomic E-state index is 11.1. The highest BCUT2D eigenvalue weighted by atomic mass is 32.1. The summed E-state index contributed by atoms with van der Waals surface area (Å²) >= 11 is 1.56. The van der Waals surface area contributed by atoms with E-state index >= 15 is 0 Å². The lowest BCUT2D eigenvalue weighted by molar-refractivity contribution is -0.124. The van der Waals surface area contributed by atoms with Gasteiger partial charge in [-0.3, -0.25) is 4.79 Å². The van der Waals surface area contributed by atoms with Crippen molar-refractivity contribution in [3.63, 3.8) is 0 Å². The maximum Gasteiger partial charge on any atom is 0.246 e. The van der Waals surface area contributed by atoms with Gasteiger partial charge in [0.25, 0.3) is 0 Å². The van der Waals surface area contributed by atoms with Crippen molar-refractivity contribution in [2.75, 3.05) is 20.3 Å². The quantitative estimate of drug-likeness (QED) is 0.743. The maximum absolute atomic E-state index is 11.1. The molecule has 0 bridgehead atoms. The predicted molar refractivity (Wildman–Crippen MR) is 64.0 cm³/mol. The normalized spacial score (nSPS) is 9.38. The number of amides is 1. The summed E-state index contributed by atoms with van der Waals surface area (Å²) in [6.07, 6.45) is 0. The van der Waals surface area contributed by atoms with E-state index in [1.165, 1.54) is 7.11 Å². The minimum Gasteiger partial charge on any atom is -0.375 e. The molecule has 0 atom stereocenters. The first-order chi connectivity index (χ1) is 7.76. The van der Waals surface area contributed by atoms with E-state index in [9.17, 15) is 4.79 Å². The van der Waals surface area contributed by atoms with Gasteiger partial charge in [0.15, 0.2) is 0 Å². The molecule has 86 valence electrons. The molecule has 0 radical (unpaired) electrons. The summed E-state index contributed by atoms with van der Waals surface area (Å²) in [5.74, 6) is 5.60. The molecule has 0 aliphatic heterocycles. The molecule has 5 heteroatoms. The Balaban J connectivity index is 2.43. The molecule has 0 fully saturated rings. The van der Waals surface area contributed by atoms with Crippen molar-refractivity contribution in [2.24, 2.45) is 5.73 Å². The fraction of sp³-hybridized carbons (Fsp3) is 0.364. The second kappa shape index (κ2) is 7.01. The number of methoxy groups -OCH3 is 1. The van der Waals surface area contributed by atoms with Crippen LogP contribution in [0.25, 0.3) is 0 Å². The highest BCUT2D eigenvalue weighted by molar-refractivity contribution is 7.10. The van der Waals surface area contributed by atoms with Crippen LogP contribution in [0.2, 0.25) is 0 Å². The van der Waals surface area contributed by atoms with Gasteiger partial charge in [-0.1, -0.05) is 11.8 Å². The van der Waals surface area contributed by atoms with E-state index in [-0.39, 0.29) is 12.5 Å². The lowest BCUT2D eigenvalue weighted by Crippen LogP contribution is -2.26. The van der Waals surface area contributed by atoms with E-state index in [4.69, 9.17) is 10.5 Å². The third-order valence-electron chi connectivity index (χ3n) is 1.72. The Bertz CT molecular complexity index is 404. The Hall–Kier alpha value is -1.35. The lowest BCUT2D eigenvalue weighted by Gasteiger charge is -2.01. The summed E-state index contributed by atoms with van der Waals surface area (Å²) in [7, 11) is 1.49. The van der Waals surface area contributed by atoms with Gasteiger partial charge in [0, 0.05) is 22.9 Å². The third kappa shape index (κ3) is 4.45. The van der Waals surface area contributed by atoms with E-state index in [1.54, 1.807) is 11.3 Å². The fourth-order valence-corrected chi connectivity index (χ4v) is 1.82. The van der Waals surface area contributed by atoms with Gasteiger partial charge in [-0.15, -0.1) is 11.3 Å². The van der Waals surface area contributed by atoms with Gasteiger partial charge >= 0.3 is 0 Å². The molecule has 4 nitrogen and oxygen atoms in total. The van der Waals surface area contributed by atoms with Crippen LogP contribution in [0.3, 0.4) is 0 Å². The first kappa shape index (κ1) is 12.7. The number of ether oxygens (including phenoxy) is 1. The minimum absolute atomic E-state index is 0.0885. The number of thiophene rings is 1. The Morgan fingerprint density at radius 1 is 1.69 bits per heavy atom. The van der Waals surface area contributed by atoms with E-state index in [1.807, 2.05) is 11.4 Å². The van der Waals surface area contributed by atoms with E-state index in [0.717, 1.165) is 10.4 Å². The number of nitrogens with two attached hydrogens (primary N) is 1. The van der Waals surface area contributed by atoms with Crippen molar-refractivity contribution < 1.29 is 9.53 Å². The number of carbonyl (C=O) groups excluding carboxylic acids is 1. The van der Waals surface area contributed by atoms with Gasteiger partial charge in [-0.25, -0.2) is 0 Å². The van der Waals surface area contributed by atoms with Gasteiger partial charge in [0.05, 0.1) is 13.1 Å². The van der Waals surface area contributed by atoms with Crippen LogP contribution in [0.5, 0.6) is 0 Å². The van der Waals surface area contributed by atoms with Crippen molar-refractivity contribution in [1.29, 1.82) is 0 Å². The number of hydrogen-bond donors (Lipinski definition) is 2. The number of hydrogen-bond acceptors (Lipinski definition) is 4. The van der Waals surface area contributed by atoms with Gasteiger partial charge < -0.3 is 15.8 Å². The first-order valence-corrected chi connectivity index (χ1v) is 5.66. The topological polar surface area (TPSA) is 64.3 Å². The standard InChI is InChI=1S/C11H14N2O2S/c1-15-7-11(14)13-6-10-5-9(8-16-10)3-2-4-12/h5,8H,4,6-7,12H2,1H3,(H,13,14). The largest absolute Gasteiger partial charge is 0.375 e. The van der Waals surface area contributed by atoms with Crippen LogP contribution in [-0.4, -0.2) is 26.2 Å². The molecule has 0 aliphatic rings. The van der Waals surface area contributed by atoms with Crippen molar-refractivity contribution in [2.45, 2.75) is 6.54 Å². The number of nitrogens with one attached hydrogen (secondary N) is 1. The molecule has 1 rings (SSSR count). The van der Waals surface area contributed by atoms with Gasteiger partial charge in [-0.05, 0) is 6.07 Å². The van der Waals surface area contributed by atoms with Crippen molar-refractivity contribution in [3.05, 3.63) is 21.9 Å². The van der Waals surface area contributed by atoms with Gasteiger partial charge in [0.1, 0.15) is 6.61 Å². The van der Waals surface area contributed by atoms with Crippen LogP contribution in [-0.2, 0) is 16.1 Å². The van der Waals surface area contributed by atoms with Gasteiger partial charge in [0.2, 0.25) is 5.91 Å². The van der Waals surface area contributed by atoms with Crippen LogP contribution >= 0.6 is 11.3 Å². The molecule has 0 saturated carbocycles. The molecule has 1 aromatic rings. The average molecular weight is 238 g/mol. The zero-order valence-corrected chi connectivity index (χ0v) is 9.89. The second-order valence-corrected chi connectivity index (χ2v) is 4.01. The zero-order valence-electron chi connectivity index (χ0n) is 9.08. The lowest BCUT2D eigenvalue weighted by atomic mass is 10.3. The molecule has 0 spiro atoms. The number of rotatable bonds is 4. The monoisotopic (exact) mass is 238 g/mol. The molecule has 0 aliphatic carbocycles. The average Bonchev–Trinajstić information content (AvgIpc) is 2.72. The molecule has 1 heterocycles. The molecular formula is C11H14N2O2S. The predicted octanol–water partition coefficient (Wildman–Crippen LogP) is 0.321. The van der Waals surface area contributed by atoms with E-state index in [2.05, 4.69) is 17.2 Å². The van der Waals surface area contributed by atoms with Crippen LogP contribution in [0.15, 0.2) is 11.4 Å². The Morgan fingerprint density at radius 2 is 2.50 bits per heavy atom. The molecule has 0 aromatic carbocycles. The molecule has 1 aromatic heterocycles. The van der Waals surface area contributed by atoms with Crippen molar-refractivity contribution in [1.82, 2.24) is 5.32 Å². The summed E-state index contributed by atoms with van der Waals surface area (Å²) in [4.78, 5) is 12.2. The molecule has 0 unspecified atom stereocenters. The molecule has 16 heavy (non-hydrogen) atoms. The Morgan fingerprint density at radius 3 is 3.19 bits per heavy atom. The first-order valence-electron chi connectivity index (χ1n) is 4.78. The highest BCUT2D eigenvalue weighted by Gasteiger charge is 2.01. The Kier molecular flexibility index (Phi) is 5.57. The van der Waals surface area contributed by atoms with Gasteiger partial charge in [-0.2, -0.15) is 0 Å². The van der Waals surface area contributed by atoms with Crippen LogP contribution in [0.4, 0.5) is 0 Å². The molecular weight excluding hydrogens is 224 g/mol. The number of carbonyl (C=O) groups is 1. The SMILES string of the molecule is COCC(=O)NCc1cc(C#CCN)cs1. The Labute approximate surface area is 98.8 Å². The smallest absolute Gasteiger partial charge is 0.246 e. The molecule has 0 saturated heterocycles. The van der Waals surface area contributed by atoms with Crippen LogP contribution in [0.1, 0.15) is 10.4 Å². The molecule has 3 N–H and O–H groups in total. The van der Waals surface area contributed by atoms with Crippen LogP contribution in [0, 0.1) is 11.8 Å². The van der Waals surface area contributed by atoms with E-state index < -0.39 is 0 Å². The summed E-state index contributed by atoms with van der Waals surface area (Å²) in [6, 6.07) is 1.94. The van der Waals surface area contributed by atoms with E-state index in [0.29, 0.717) is 13.1 Å². The minimum atomic E-state index is -0.120.